The van der Waals surface area contributed by atoms with Gasteiger partial charge in [0, 0.05) is 12.2 Å². The van der Waals surface area contributed by atoms with Crippen LogP contribution in [-0.4, -0.2) is 30.5 Å². The Morgan fingerprint density at radius 2 is 2.05 bits per heavy atom. The number of anilines is 1. The van der Waals surface area contributed by atoms with E-state index in [1.54, 1.807) is 0 Å². The summed E-state index contributed by atoms with van der Waals surface area (Å²) in [6.45, 7) is 7.38. The number of hydrogen-bond acceptors (Lipinski definition) is 3. The first-order valence-electron chi connectivity index (χ1n) is 8.17. The number of hydrogen-bond donors (Lipinski definition) is 2. The Kier molecular flexibility index (Phi) is 6.07. The maximum absolute atomic E-state index is 10.1. The van der Waals surface area contributed by atoms with E-state index in [0.717, 1.165) is 12.1 Å². The average molecular weight is 291 g/mol. The molecule has 0 spiro atoms. The second-order valence-electron chi connectivity index (χ2n) is 6.49. The van der Waals surface area contributed by atoms with E-state index in [0.29, 0.717) is 25.2 Å². The molecule has 2 N–H and O–H groups in total. The Bertz CT molecular complexity index is 447. The normalized spacial score (nSPS) is 23.8. The molecule has 0 aliphatic heterocycles. The molecule has 0 saturated heterocycles. The van der Waals surface area contributed by atoms with E-state index >= 15 is 0 Å². The highest BCUT2D eigenvalue weighted by Gasteiger charge is 2.22. The fourth-order valence-electron chi connectivity index (χ4n) is 3.06. The van der Waals surface area contributed by atoms with E-state index < -0.39 is 6.10 Å². The van der Waals surface area contributed by atoms with Gasteiger partial charge in [0.15, 0.2) is 0 Å². The van der Waals surface area contributed by atoms with Crippen molar-refractivity contribution in [2.75, 3.05) is 18.5 Å². The molecule has 3 heteroatoms. The summed E-state index contributed by atoms with van der Waals surface area (Å²) >= 11 is 0. The molecule has 0 amide bonds. The van der Waals surface area contributed by atoms with Crippen LogP contribution >= 0.6 is 0 Å². The Morgan fingerprint density at radius 1 is 1.29 bits per heavy atom. The van der Waals surface area contributed by atoms with Crippen molar-refractivity contribution >= 4 is 5.69 Å². The van der Waals surface area contributed by atoms with Crippen LogP contribution in [0.15, 0.2) is 18.2 Å². The van der Waals surface area contributed by atoms with Crippen LogP contribution in [0.2, 0.25) is 0 Å². The quantitative estimate of drug-likeness (QED) is 0.840. The van der Waals surface area contributed by atoms with Crippen molar-refractivity contribution in [2.24, 2.45) is 5.92 Å². The highest BCUT2D eigenvalue weighted by molar-refractivity contribution is 5.51. The summed E-state index contributed by atoms with van der Waals surface area (Å²) in [5.74, 6) is 0.623. The molecule has 0 bridgehead atoms. The highest BCUT2D eigenvalue weighted by Crippen LogP contribution is 2.26. The molecular formula is C18H29NO2. The van der Waals surface area contributed by atoms with Gasteiger partial charge in [0.25, 0.3) is 0 Å². The molecule has 1 aromatic rings. The van der Waals surface area contributed by atoms with Gasteiger partial charge in [-0.1, -0.05) is 37.5 Å². The molecule has 1 aliphatic rings. The van der Waals surface area contributed by atoms with Gasteiger partial charge in [-0.2, -0.15) is 0 Å². The summed E-state index contributed by atoms with van der Waals surface area (Å²) in [5, 5.41) is 13.4. The number of aliphatic hydroxyl groups is 1. The topological polar surface area (TPSA) is 41.5 Å². The van der Waals surface area contributed by atoms with Gasteiger partial charge < -0.3 is 15.2 Å². The van der Waals surface area contributed by atoms with Crippen LogP contribution < -0.4 is 5.32 Å². The van der Waals surface area contributed by atoms with Gasteiger partial charge in [-0.15, -0.1) is 0 Å². The second kappa shape index (κ2) is 7.81. The van der Waals surface area contributed by atoms with Crippen LogP contribution in [-0.2, 0) is 4.74 Å². The standard InChI is InChI=1S/C18H29NO2/c1-13-8-9-17(15(3)10-13)19-11-16(20)12-21-18-7-5-4-6-14(18)2/h8-10,14,16,18-20H,4-7,11-12H2,1-3H3. The fourth-order valence-corrected chi connectivity index (χ4v) is 3.06. The van der Waals surface area contributed by atoms with Gasteiger partial charge in [-0.3, -0.25) is 0 Å². The van der Waals surface area contributed by atoms with Crippen molar-refractivity contribution in [1.82, 2.24) is 0 Å². The molecular weight excluding hydrogens is 262 g/mol. The van der Waals surface area contributed by atoms with Crippen molar-refractivity contribution in [2.45, 2.75) is 58.7 Å². The molecule has 0 aromatic heterocycles. The SMILES string of the molecule is Cc1ccc(NCC(O)COC2CCCCC2C)c(C)c1. The fraction of sp³-hybridized carbons (Fsp3) is 0.667. The average Bonchev–Trinajstić information content (AvgIpc) is 2.45. The molecule has 1 aliphatic carbocycles. The minimum atomic E-state index is -0.458. The first kappa shape index (κ1) is 16.3. The minimum Gasteiger partial charge on any atom is -0.389 e. The van der Waals surface area contributed by atoms with E-state index in [1.807, 2.05) is 0 Å². The lowest BCUT2D eigenvalue weighted by Crippen LogP contribution is -2.32. The Morgan fingerprint density at radius 3 is 2.76 bits per heavy atom. The third-order valence-corrected chi connectivity index (χ3v) is 4.45. The Balaban J connectivity index is 1.73. The summed E-state index contributed by atoms with van der Waals surface area (Å²) in [6, 6.07) is 6.30. The Hall–Kier alpha value is -1.06. The molecule has 1 aromatic carbocycles. The first-order valence-corrected chi connectivity index (χ1v) is 8.17. The lowest BCUT2D eigenvalue weighted by atomic mass is 9.88. The summed E-state index contributed by atoms with van der Waals surface area (Å²) in [5.41, 5.74) is 3.56. The number of rotatable bonds is 6. The molecule has 3 atom stereocenters. The first-order chi connectivity index (χ1) is 10.1. The predicted octanol–water partition coefficient (Wildman–Crippen LogP) is 3.67. The van der Waals surface area contributed by atoms with Crippen molar-refractivity contribution in [3.05, 3.63) is 29.3 Å². The molecule has 1 fully saturated rings. The van der Waals surface area contributed by atoms with Gasteiger partial charge in [-0.25, -0.2) is 0 Å². The van der Waals surface area contributed by atoms with E-state index in [9.17, 15) is 5.11 Å². The summed E-state index contributed by atoms with van der Waals surface area (Å²) < 4.78 is 5.90. The van der Waals surface area contributed by atoms with E-state index in [-0.39, 0.29) is 0 Å². The van der Waals surface area contributed by atoms with Crippen LogP contribution in [0.3, 0.4) is 0 Å². The molecule has 2 rings (SSSR count). The van der Waals surface area contributed by atoms with Crippen molar-refractivity contribution in [3.63, 3.8) is 0 Å². The maximum Gasteiger partial charge on any atom is 0.0945 e. The van der Waals surface area contributed by atoms with Gasteiger partial charge >= 0.3 is 0 Å². The molecule has 0 radical (unpaired) electrons. The van der Waals surface area contributed by atoms with E-state index in [4.69, 9.17) is 4.74 Å². The molecule has 21 heavy (non-hydrogen) atoms. The monoisotopic (exact) mass is 291 g/mol. The van der Waals surface area contributed by atoms with E-state index in [2.05, 4.69) is 44.3 Å². The lowest BCUT2D eigenvalue weighted by Gasteiger charge is -2.29. The number of nitrogens with one attached hydrogen (secondary N) is 1. The number of aryl methyl sites for hydroxylation is 2. The second-order valence-corrected chi connectivity index (χ2v) is 6.49. The number of ether oxygens (including phenoxy) is 1. The minimum absolute atomic E-state index is 0.328. The molecule has 118 valence electrons. The van der Waals surface area contributed by atoms with Crippen molar-refractivity contribution < 1.29 is 9.84 Å². The smallest absolute Gasteiger partial charge is 0.0945 e. The van der Waals surface area contributed by atoms with Crippen LogP contribution in [0.25, 0.3) is 0 Å². The zero-order chi connectivity index (χ0) is 15.2. The molecule has 1 saturated carbocycles. The van der Waals surface area contributed by atoms with Crippen LogP contribution in [0.4, 0.5) is 5.69 Å². The zero-order valence-corrected chi connectivity index (χ0v) is 13.6. The van der Waals surface area contributed by atoms with Crippen LogP contribution in [0.5, 0.6) is 0 Å². The van der Waals surface area contributed by atoms with Crippen LogP contribution in [0.1, 0.15) is 43.7 Å². The van der Waals surface area contributed by atoms with Gasteiger partial charge in [-0.05, 0) is 44.2 Å². The summed E-state index contributed by atoms with van der Waals surface area (Å²) in [7, 11) is 0. The van der Waals surface area contributed by atoms with Crippen molar-refractivity contribution in [3.8, 4) is 0 Å². The largest absolute Gasteiger partial charge is 0.389 e. The lowest BCUT2D eigenvalue weighted by molar-refractivity contribution is -0.0424. The molecule has 3 nitrogen and oxygen atoms in total. The number of aliphatic hydroxyl groups excluding tert-OH is 1. The van der Waals surface area contributed by atoms with Gasteiger partial charge in [0.2, 0.25) is 0 Å². The predicted molar refractivity (Wildman–Crippen MR) is 87.8 cm³/mol. The summed E-state index contributed by atoms with van der Waals surface area (Å²) in [6.07, 6.45) is 4.83. The highest BCUT2D eigenvalue weighted by atomic mass is 16.5. The molecule has 3 unspecified atom stereocenters. The summed E-state index contributed by atoms with van der Waals surface area (Å²) in [4.78, 5) is 0. The Labute approximate surface area is 128 Å². The number of benzene rings is 1. The third-order valence-electron chi connectivity index (χ3n) is 4.45. The zero-order valence-electron chi connectivity index (χ0n) is 13.6. The third kappa shape index (κ3) is 5.01. The maximum atomic E-state index is 10.1. The molecule has 0 heterocycles. The van der Waals surface area contributed by atoms with Gasteiger partial charge in [0.05, 0.1) is 18.8 Å². The van der Waals surface area contributed by atoms with Gasteiger partial charge in [0.1, 0.15) is 0 Å². The van der Waals surface area contributed by atoms with E-state index in [1.165, 1.54) is 30.4 Å². The van der Waals surface area contributed by atoms with Crippen molar-refractivity contribution in [1.29, 1.82) is 0 Å². The van der Waals surface area contributed by atoms with Crippen LogP contribution in [0, 0.1) is 19.8 Å².